The minimum Gasteiger partial charge on any atom is -0.385 e. The number of anilines is 2. The number of halogens is 1. The Bertz CT molecular complexity index is 731. The number of piperazine rings is 1. The Morgan fingerprint density at radius 3 is 2.44 bits per heavy atom. The van der Waals surface area contributed by atoms with Gasteiger partial charge in [0.05, 0.1) is 5.56 Å². The number of carbonyl (C=O) groups is 1. The van der Waals surface area contributed by atoms with Gasteiger partial charge in [0.2, 0.25) is 5.95 Å². The van der Waals surface area contributed by atoms with Crippen molar-refractivity contribution >= 4 is 17.5 Å². The topological polar surface area (TPSA) is 70.6 Å². The van der Waals surface area contributed by atoms with Crippen LogP contribution in [-0.4, -0.2) is 67.2 Å². The molecule has 2 aromatic rings. The lowest BCUT2D eigenvalue weighted by atomic mass is 10.2. The lowest BCUT2D eigenvalue weighted by Crippen LogP contribution is -2.48. The van der Waals surface area contributed by atoms with E-state index in [0.717, 1.165) is 12.1 Å². The van der Waals surface area contributed by atoms with Crippen LogP contribution in [-0.2, 0) is 4.74 Å². The molecule has 1 saturated heterocycles. The predicted molar refractivity (Wildman–Crippen MR) is 102 cm³/mol. The summed E-state index contributed by atoms with van der Waals surface area (Å²) in [6.45, 7) is 4.01. The highest BCUT2D eigenvalue weighted by atomic mass is 19.1. The van der Waals surface area contributed by atoms with Crippen LogP contribution in [0, 0.1) is 5.82 Å². The summed E-state index contributed by atoms with van der Waals surface area (Å²) in [6.07, 6.45) is 3.97. The van der Waals surface area contributed by atoms with Crippen LogP contribution in [0.2, 0.25) is 0 Å². The number of hydrogen-bond donors (Lipinski definition) is 1. The zero-order chi connectivity index (χ0) is 19.1. The van der Waals surface area contributed by atoms with Crippen LogP contribution in [0.25, 0.3) is 0 Å². The molecule has 1 amide bonds. The van der Waals surface area contributed by atoms with Gasteiger partial charge in [0.15, 0.2) is 0 Å². The number of carbonyl (C=O) groups excluding carboxylic acids is 1. The fraction of sp³-hybridized carbons (Fsp3) is 0.421. The standard InChI is InChI=1S/C19H24FN5O2/c1-27-12-2-7-21-19-22-13-15(14-23-19)18(26)25-10-8-24(9-11-25)17-5-3-16(20)4-6-17/h3-6,13-14H,2,7-12H2,1H3,(H,21,22,23). The third kappa shape index (κ3) is 5.13. The van der Waals surface area contributed by atoms with Crippen LogP contribution in [0.15, 0.2) is 36.7 Å². The van der Waals surface area contributed by atoms with E-state index < -0.39 is 0 Å². The van der Waals surface area contributed by atoms with E-state index in [2.05, 4.69) is 20.2 Å². The third-order valence-electron chi connectivity index (χ3n) is 4.47. The van der Waals surface area contributed by atoms with Crippen molar-refractivity contribution in [2.45, 2.75) is 6.42 Å². The first kappa shape index (κ1) is 19.0. The van der Waals surface area contributed by atoms with Crippen molar-refractivity contribution in [3.05, 3.63) is 48.0 Å². The van der Waals surface area contributed by atoms with Gasteiger partial charge < -0.3 is 19.9 Å². The van der Waals surface area contributed by atoms with E-state index in [1.807, 2.05) is 0 Å². The Labute approximate surface area is 158 Å². The molecule has 1 aromatic heterocycles. The summed E-state index contributed by atoms with van der Waals surface area (Å²) in [5.41, 5.74) is 1.45. The predicted octanol–water partition coefficient (Wildman–Crippen LogP) is 2.03. The molecule has 1 fully saturated rings. The van der Waals surface area contributed by atoms with Crippen molar-refractivity contribution in [3.8, 4) is 0 Å². The number of methoxy groups -OCH3 is 1. The summed E-state index contributed by atoms with van der Waals surface area (Å²) in [5, 5.41) is 3.09. The maximum atomic E-state index is 13.0. The number of rotatable bonds is 7. The summed E-state index contributed by atoms with van der Waals surface area (Å²) in [4.78, 5) is 25.0. The number of nitrogens with one attached hydrogen (secondary N) is 1. The second-order valence-electron chi connectivity index (χ2n) is 6.32. The summed E-state index contributed by atoms with van der Waals surface area (Å²) in [6, 6.07) is 6.43. The molecular weight excluding hydrogens is 349 g/mol. The molecule has 0 aliphatic carbocycles. The van der Waals surface area contributed by atoms with E-state index >= 15 is 0 Å². The van der Waals surface area contributed by atoms with E-state index in [1.165, 1.54) is 12.1 Å². The van der Waals surface area contributed by atoms with E-state index in [1.54, 1.807) is 36.5 Å². The molecule has 0 atom stereocenters. The Balaban J connectivity index is 1.50. The van der Waals surface area contributed by atoms with Crippen molar-refractivity contribution in [1.29, 1.82) is 0 Å². The minimum atomic E-state index is -0.246. The molecule has 1 aromatic carbocycles. The molecule has 144 valence electrons. The number of amides is 1. The van der Waals surface area contributed by atoms with Crippen LogP contribution in [0.1, 0.15) is 16.8 Å². The molecule has 0 saturated carbocycles. The maximum absolute atomic E-state index is 13.0. The molecule has 0 spiro atoms. The second kappa shape index (κ2) is 9.27. The van der Waals surface area contributed by atoms with Gasteiger partial charge in [-0.05, 0) is 30.7 Å². The van der Waals surface area contributed by atoms with Crippen LogP contribution in [0.5, 0.6) is 0 Å². The summed E-state index contributed by atoms with van der Waals surface area (Å²) in [5.74, 6) is 0.188. The molecular formula is C19H24FN5O2. The monoisotopic (exact) mass is 373 g/mol. The van der Waals surface area contributed by atoms with Crippen molar-refractivity contribution < 1.29 is 13.9 Å². The zero-order valence-corrected chi connectivity index (χ0v) is 15.4. The van der Waals surface area contributed by atoms with E-state index in [-0.39, 0.29) is 11.7 Å². The Morgan fingerprint density at radius 2 is 1.81 bits per heavy atom. The normalized spacial score (nSPS) is 14.3. The highest BCUT2D eigenvalue weighted by Gasteiger charge is 2.22. The highest BCUT2D eigenvalue weighted by Crippen LogP contribution is 2.17. The average molecular weight is 373 g/mol. The average Bonchev–Trinajstić information content (AvgIpc) is 2.72. The van der Waals surface area contributed by atoms with Crippen LogP contribution in [0.3, 0.4) is 0 Å². The minimum absolute atomic E-state index is 0.0697. The smallest absolute Gasteiger partial charge is 0.257 e. The summed E-state index contributed by atoms with van der Waals surface area (Å²) < 4.78 is 18.0. The molecule has 8 heteroatoms. The lowest BCUT2D eigenvalue weighted by Gasteiger charge is -2.36. The van der Waals surface area contributed by atoms with Crippen LogP contribution < -0.4 is 10.2 Å². The number of hydrogen-bond acceptors (Lipinski definition) is 6. The Hall–Kier alpha value is -2.74. The number of nitrogens with zero attached hydrogens (tertiary/aromatic N) is 4. The molecule has 2 heterocycles. The molecule has 1 aliphatic rings. The molecule has 0 unspecified atom stereocenters. The van der Waals surface area contributed by atoms with Gasteiger partial charge in [0.1, 0.15) is 5.82 Å². The molecule has 3 rings (SSSR count). The SMILES string of the molecule is COCCCNc1ncc(C(=O)N2CCN(c3ccc(F)cc3)CC2)cn1. The Morgan fingerprint density at radius 1 is 1.15 bits per heavy atom. The Kier molecular flexibility index (Phi) is 6.54. The van der Waals surface area contributed by atoms with Gasteiger partial charge in [-0.1, -0.05) is 0 Å². The third-order valence-corrected chi connectivity index (χ3v) is 4.47. The van der Waals surface area contributed by atoms with E-state index in [0.29, 0.717) is 50.8 Å². The maximum Gasteiger partial charge on any atom is 0.257 e. The van der Waals surface area contributed by atoms with Gasteiger partial charge >= 0.3 is 0 Å². The van der Waals surface area contributed by atoms with Gasteiger partial charge in [0.25, 0.3) is 5.91 Å². The molecule has 27 heavy (non-hydrogen) atoms. The number of benzene rings is 1. The first-order valence-electron chi connectivity index (χ1n) is 9.02. The zero-order valence-electron chi connectivity index (χ0n) is 15.4. The van der Waals surface area contributed by atoms with Gasteiger partial charge in [0, 0.05) is 64.5 Å². The first-order chi connectivity index (χ1) is 13.2. The highest BCUT2D eigenvalue weighted by molar-refractivity contribution is 5.93. The molecule has 1 aliphatic heterocycles. The van der Waals surface area contributed by atoms with Crippen molar-refractivity contribution in [2.24, 2.45) is 0 Å². The van der Waals surface area contributed by atoms with Crippen LogP contribution >= 0.6 is 0 Å². The first-order valence-corrected chi connectivity index (χ1v) is 9.02. The second-order valence-corrected chi connectivity index (χ2v) is 6.32. The quantitative estimate of drug-likeness (QED) is 0.749. The van der Waals surface area contributed by atoms with Gasteiger partial charge in [-0.3, -0.25) is 4.79 Å². The molecule has 7 nitrogen and oxygen atoms in total. The summed E-state index contributed by atoms with van der Waals surface area (Å²) >= 11 is 0. The van der Waals surface area contributed by atoms with Crippen molar-refractivity contribution in [1.82, 2.24) is 14.9 Å². The van der Waals surface area contributed by atoms with Gasteiger partial charge in [-0.2, -0.15) is 0 Å². The number of aromatic nitrogens is 2. The largest absolute Gasteiger partial charge is 0.385 e. The molecule has 0 radical (unpaired) electrons. The summed E-state index contributed by atoms with van der Waals surface area (Å²) in [7, 11) is 1.66. The van der Waals surface area contributed by atoms with E-state index in [4.69, 9.17) is 4.74 Å². The van der Waals surface area contributed by atoms with Crippen LogP contribution in [0.4, 0.5) is 16.0 Å². The molecule has 1 N–H and O–H groups in total. The van der Waals surface area contributed by atoms with Gasteiger partial charge in [-0.25, -0.2) is 14.4 Å². The van der Waals surface area contributed by atoms with Crippen molar-refractivity contribution in [3.63, 3.8) is 0 Å². The fourth-order valence-electron chi connectivity index (χ4n) is 2.95. The lowest BCUT2D eigenvalue weighted by molar-refractivity contribution is 0.0746. The van der Waals surface area contributed by atoms with E-state index in [9.17, 15) is 9.18 Å². The molecule has 0 bridgehead atoms. The number of ether oxygens (including phenoxy) is 1. The van der Waals surface area contributed by atoms with Crippen molar-refractivity contribution in [2.75, 3.05) is 56.7 Å². The van der Waals surface area contributed by atoms with Gasteiger partial charge in [-0.15, -0.1) is 0 Å². The fourth-order valence-corrected chi connectivity index (χ4v) is 2.95.